The molecule has 0 radical (unpaired) electrons. The Bertz CT molecular complexity index is 443. The molecule has 0 aliphatic carbocycles. The highest BCUT2D eigenvalue weighted by Gasteiger charge is 2.14. The average Bonchev–Trinajstić information content (AvgIpc) is 3.00. The molecule has 1 aliphatic heterocycles. The van der Waals surface area contributed by atoms with E-state index in [4.69, 9.17) is 16.3 Å². The fourth-order valence-corrected chi connectivity index (χ4v) is 2.31. The van der Waals surface area contributed by atoms with E-state index in [1.165, 1.54) is 0 Å². The average molecular weight is 311 g/mol. The molecule has 1 atom stereocenters. The van der Waals surface area contributed by atoms with Gasteiger partial charge in [0, 0.05) is 25.9 Å². The van der Waals surface area contributed by atoms with E-state index in [1.807, 2.05) is 12.1 Å². The van der Waals surface area contributed by atoms with Crippen LogP contribution < -0.4 is 10.6 Å². The zero-order valence-electron chi connectivity index (χ0n) is 12.4. The van der Waals surface area contributed by atoms with Crippen molar-refractivity contribution < 1.29 is 4.74 Å². The van der Waals surface area contributed by atoms with Crippen molar-refractivity contribution in [2.75, 3.05) is 26.2 Å². The number of hydrogen-bond donors (Lipinski definition) is 2. The van der Waals surface area contributed by atoms with E-state index in [1.54, 1.807) is 6.20 Å². The van der Waals surface area contributed by atoms with Crippen LogP contribution in [-0.2, 0) is 11.2 Å². The molecule has 116 valence electrons. The Hall–Kier alpha value is -1.33. The smallest absolute Gasteiger partial charge is 0.191 e. The summed E-state index contributed by atoms with van der Waals surface area (Å²) in [5, 5.41) is 7.10. The molecule has 1 aliphatic rings. The molecule has 0 bridgehead atoms. The molecule has 1 saturated heterocycles. The van der Waals surface area contributed by atoms with Crippen molar-refractivity contribution in [1.82, 2.24) is 15.6 Å². The number of guanidine groups is 1. The number of halogens is 1. The topological polar surface area (TPSA) is 58.5 Å². The van der Waals surface area contributed by atoms with Crippen molar-refractivity contribution in [3.8, 4) is 0 Å². The molecule has 2 heterocycles. The Morgan fingerprint density at radius 1 is 1.48 bits per heavy atom. The van der Waals surface area contributed by atoms with Crippen molar-refractivity contribution in [3.63, 3.8) is 0 Å². The zero-order chi connectivity index (χ0) is 14.9. The van der Waals surface area contributed by atoms with Crippen LogP contribution in [0.5, 0.6) is 0 Å². The van der Waals surface area contributed by atoms with Gasteiger partial charge in [-0.2, -0.15) is 0 Å². The molecule has 21 heavy (non-hydrogen) atoms. The first-order valence-corrected chi connectivity index (χ1v) is 7.90. The number of ether oxygens (including phenoxy) is 1. The third-order valence-electron chi connectivity index (χ3n) is 3.32. The molecule has 1 aromatic rings. The fraction of sp³-hybridized carbons (Fsp3) is 0.600. The molecular weight excluding hydrogens is 288 g/mol. The van der Waals surface area contributed by atoms with Crippen LogP contribution in [0.2, 0.25) is 5.15 Å². The molecule has 1 aromatic heterocycles. The van der Waals surface area contributed by atoms with E-state index in [-0.39, 0.29) is 6.10 Å². The van der Waals surface area contributed by atoms with Crippen molar-refractivity contribution in [1.29, 1.82) is 0 Å². The van der Waals surface area contributed by atoms with Gasteiger partial charge < -0.3 is 15.4 Å². The van der Waals surface area contributed by atoms with Gasteiger partial charge in [-0.05, 0) is 37.8 Å². The summed E-state index contributed by atoms with van der Waals surface area (Å²) in [6.45, 7) is 5.30. The van der Waals surface area contributed by atoms with Gasteiger partial charge in [-0.3, -0.25) is 4.99 Å². The van der Waals surface area contributed by atoms with Gasteiger partial charge in [0.2, 0.25) is 0 Å². The molecule has 5 nitrogen and oxygen atoms in total. The van der Waals surface area contributed by atoms with Gasteiger partial charge in [0.1, 0.15) is 5.15 Å². The summed E-state index contributed by atoms with van der Waals surface area (Å²) in [5.41, 5.74) is 1.15. The SMILES string of the molecule is CCNC(=NCC1CCCO1)NCCc1ccc(Cl)nc1. The summed E-state index contributed by atoms with van der Waals surface area (Å²) in [6.07, 6.45) is 5.23. The molecular formula is C15H23ClN4O. The van der Waals surface area contributed by atoms with Crippen molar-refractivity contribution in [2.45, 2.75) is 32.3 Å². The zero-order valence-corrected chi connectivity index (χ0v) is 13.2. The van der Waals surface area contributed by atoms with Gasteiger partial charge in [-0.1, -0.05) is 17.7 Å². The number of aromatic nitrogens is 1. The highest BCUT2D eigenvalue weighted by atomic mass is 35.5. The highest BCUT2D eigenvalue weighted by molar-refractivity contribution is 6.29. The number of nitrogens with one attached hydrogen (secondary N) is 2. The standard InChI is InChI=1S/C15H23ClN4O/c1-2-17-15(20-11-13-4-3-9-21-13)18-8-7-12-5-6-14(16)19-10-12/h5-6,10,13H,2-4,7-9,11H2,1H3,(H2,17,18,20). The van der Waals surface area contributed by atoms with Crippen LogP contribution in [0.1, 0.15) is 25.3 Å². The Balaban J connectivity index is 1.76. The second kappa shape index (κ2) is 8.85. The Morgan fingerprint density at radius 3 is 3.05 bits per heavy atom. The third-order valence-corrected chi connectivity index (χ3v) is 3.54. The first kappa shape index (κ1) is 16.0. The van der Waals surface area contributed by atoms with E-state index < -0.39 is 0 Å². The normalized spacial score (nSPS) is 18.8. The summed E-state index contributed by atoms with van der Waals surface area (Å²) in [6, 6.07) is 3.81. The maximum Gasteiger partial charge on any atom is 0.191 e. The lowest BCUT2D eigenvalue weighted by molar-refractivity contribution is 0.117. The van der Waals surface area contributed by atoms with Crippen LogP contribution in [0.3, 0.4) is 0 Å². The summed E-state index contributed by atoms with van der Waals surface area (Å²) in [4.78, 5) is 8.65. The van der Waals surface area contributed by atoms with Gasteiger partial charge >= 0.3 is 0 Å². The Kier molecular flexibility index (Phi) is 6.76. The Morgan fingerprint density at radius 2 is 2.38 bits per heavy atom. The second-order valence-electron chi connectivity index (χ2n) is 5.02. The van der Waals surface area contributed by atoms with E-state index in [9.17, 15) is 0 Å². The lowest BCUT2D eigenvalue weighted by Gasteiger charge is -2.12. The van der Waals surface area contributed by atoms with E-state index in [0.29, 0.717) is 5.15 Å². The van der Waals surface area contributed by atoms with Crippen molar-refractivity contribution in [2.24, 2.45) is 4.99 Å². The van der Waals surface area contributed by atoms with E-state index in [2.05, 4.69) is 27.5 Å². The van der Waals surface area contributed by atoms with E-state index in [0.717, 1.165) is 57.0 Å². The summed E-state index contributed by atoms with van der Waals surface area (Å²) < 4.78 is 5.58. The van der Waals surface area contributed by atoms with Crippen LogP contribution in [0.25, 0.3) is 0 Å². The fourth-order valence-electron chi connectivity index (χ4n) is 2.20. The Labute approximate surface area is 131 Å². The lowest BCUT2D eigenvalue weighted by Crippen LogP contribution is -2.39. The van der Waals surface area contributed by atoms with Crippen LogP contribution >= 0.6 is 11.6 Å². The van der Waals surface area contributed by atoms with E-state index >= 15 is 0 Å². The largest absolute Gasteiger partial charge is 0.376 e. The maximum absolute atomic E-state index is 5.77. The monoisotopic (exact) mass is 310 g/mol. The van der Waals surface area contributed by atoms with Crippen LogP contribution in [0.4, 0.5) is 0 Å². The second-order valence-corrected chi connectivity index (χ2v) is 5.41. The van der Waals surface area contributed by atoms with Crippen LogP contribution in [-0.4, -0.2) is 43.3 Å². The summed E-state index contributed by atoms with van der Waals surface area (Å²) >= 11 is 5.77. The number of pyridine rings is 1. The molecule has 0 aromatic carbocycles. The lowest BCUT2D eigenvalue weighted by atomic mass is 10.2. The van der Waals surface area contributed by atoms with Gasteiger partial charge in [0.05, 0.1) is 12.6 Å². The minimum atomic E-state index is 0.279. The summed E-state index contributed by atoms with van der Waals surface area (Å²) in [7, 11) is 0. The molecule has 0 amide bonds. The van der Waals surface area contributed by atoms with Crippen LogP contribution in [0, 0.1) is 0 Å². The molecule has 0 spiro atoms. The van der Waals surface area contributed by atoms with Crippen molar-refractivity contribution in [3.05, 3.63) is 29.0 Å². The predicted molar refractivity (Wildman–Crippen MR) is 85.9 cm³/mol. The molecule has 0 saturated carbocycles. The number of nitrogens with zero attached hydrogens (tertiary/aromatic N) is 2. The minimum absolute atomic E-state index is 0.279. The third kappa shape index (κ3) is 5.89. The molecule has 6 heteroatoms. The molecule has 2 rings (SSSR count). The van der Waals surface area contributed by atoms with Gasteiger partial charge in [0.25, 0.3) is 0 Å². The van der Waals surface area contributed by atoms with Crippen LogP contribution in [0.15, 0.2) is 23.3 Å². The maximum atomic E-state index is 5.77. The summed E-state index contributed by atoms with van der Waals surface area (Å²) in [5.74, 6) is 0.843. The highest BCUT2D eigenvalue weighted by Crippen LogP contribution is 2.11. The predicted octanol–water partition coefficient (Wildman–Crippen LogP) is 2.01. The number of rotatable bonds is 6. The first-order chi connectivity index (χ1) is 10.3. The number of aliphatic imine (C=N–C) groups is 1. The number of hydrogen-bond acceptors (Lipinski definition) is 3. The van der Waals surface area contributed by atoms with Gasteiger partial charge in [-0.25, -0.2) is 4.98 Å². The molecule has 2 N–H and O–H groups in total. The molecule has 1 fully saturated rings. The molecule has 1 unspecified atom stereocenters. The van der Waals surface area contributed by atoms with Gasteiger partial charge in [0.15, 0.2) is 5.96 Å². The minimum Gasteiger partial charge on any atom is -0.376 e. The van der Waals surface area contributed by atoms with Crippen molar-refractivity contribution >= 4 is 17.6 Å². The first-order valence-electron chi connectivity index (χ1n) is 7.52. The van der Waals surface area contributed by atoms with Gasteiger partial charge in [-0.15, -0.1) is 0 Å². The quantitative estimate of drug-likeness (QED) is 0.479.